The predicted molar refractivity (Wildman–Crippen MR) is 113 cm³/mol. The minimum absolute atomic E-state index is 0.0660. The highest BCUT2D eigenvalue weighted by molar-refractivity contribution is 5.97. The Morgan fingerprint density at radius 1 is 1.33 bits per heavy atom. The molecule has 0 spiro atoms. The van der Waals surface area contributed by atoms with Crippen LogP contribution in [0.15, 0.2) is 12.1 Å². The third-order valence-electron chi connectivity index (χ3n) is 5.15. The van der Waals surface area contributed by atoms with Crippen LogP contribution in [0.2, 0.25) is 0 Å². The van der Waals surface area contributed by atoms with Gasteiger partial charge in [-0.3, -0.25) is 20.9 Å². The lowest BCUT2D eigenvalue weighted by molar-refractivity contribution is -0.143. The summed E-state index contributed by atoms with van der Waals surface area (Å²) in [4.78, 5) is 26.4. The van der Waals surface area contributed by atoms with Crippen molar-refractivity contribution in [2.75, 3.05) is 13.2 Å². The Hall–Kier alpha value is -2.61. The lowest BCUT2D eigenvalue weighted by Gasteiger charge is -2.39. The van der Waals surface area contributed by atoms with Gasteiger partial charge in [0.15, 0.2) is 0 Å². The summed E-state index contributed by atoms with van der Waals surface area (Å²) in [5, 5.41) is 17.0. The Balaban J connectivity index is 2.33. The molecular weight excluding hydrogens is 386 g/mol. The molecule has 1 unspecified atom stereocenters. The molecule has 3 N–H and O–H groups in total. The summed E-state index contributed by atoms with van der Waals surface area (Å²) >= 11 is 0. The molecule has 166 valence electrons. The van der Waals surface area contributed by atoms with Gasteiger partial charge in [-0.1, -0.05) is 12.1 Å². The molecule has 0 aromatic heterocycles. The second-order valence-corrected chi connectivity index (χ2v) is 8.43. The van der Waals surface area contributed by atoms with Gasteiger partial charge in [0.05, 0.1) is 12.6 Å². The van der Waals surface area contributed by atoms with Gasteiger partial charge in [0.25, 0.3) is 0 Å². The predicted octanol–water partition coefficient (Wildman–Crippen LogP) is 3.87. The number of hydrogen-bond donors (Lipinski definition) is 3. The van der Waals surface area contributed by atoms with Crippen LogP contribution >= 0.6 is 0 Å². The molecule has 1 aromatic carbocycles. The SMILES string of the molecule is CCOC(=O)CCCC1c2ccc(C(=N)NO)c(C)c2CCN1C(=O)OC(C)(C)C. The van der Waals surface area contributed by atoms with E-state index >= 15 is 0 Å². The average molecular weight is 420 g/mol. The van der Waals surface area contributed by atoms with Crippen LogP contribution in [0, 0.1) is 12.3 Å². The third kappa shape index (κ3) is 5.72. The number of benzene rings is 1. The van der Waals surface area contributed by atoms with E-state index in [0.717, 1.165) is 16.7 Å². The number of carbonyl (C=O) groups is 2. The monoisotopic (exact) mass is 419 g/mol. The van der Waals surface area contributed by atoms with Crippen molar-refractivity contribution in [3.05, 3.63) is 34.4 Å². The van der Waals surface area contributed by atoms with E-state index in [1.54, 1.807) is 17.9 Å². The van der Waals surface area contributed by atoms with Crippen LogP contribution in [-0.4, -0.2) is 46.8 Å². The Bertz CT molecular complexity index is 801. The molecular formula is C22H33N3O5. The van der Waals surface area contributed by atoms with Gasteiger partial charge in [0.1, 0.15) is 11.4 Å². The molecule has 0 saturated carbocycles. The van der Waals surface area contributed by atoms with E-state index in [4.69, 9.17) is 20.1 Å². The number of hydroxylamine groups is 1. The number of amides is 1. The lowest BCUT2D eigenvalue weighted by atomic mass is 9.85. The summed E-state index contributed by atoms with van der Waals surface area (Å²) < 4.78 is 10.6. The molecule has 2 rings (SSSR count). The lowest BCUT2D eigenvalue weighted by Crippen LogP contribution is -2.43. The van der Waals surface area contributed by atoms with Gasteiger partial charge in [0.2, 0.25) is 0 Å². The quantitative estimate of drug-likeness (QED) is 0.279. The average Bonchev–Trinajstić information content (AvgIpc) is 2.66. The van der Waals surface area contributed by atoms with Crippen LogP contribution in [0.25, 0.3) is 0 Å². The number of esters is 1. The van der Waals surface area contributed by atoms with Crippen LogP contribution in [0.1, 0.15) is 75.3 Å². The van der Waals surface area contributed by atoms with Crippen molar-refractivity contribution in [3.8, 4) is 0 Å². The number of carbonyl (C=O) groups excluding carboxylic acids is 2. The van der Waals surface area contributed by atoms with Gasteiger partial charge >= 0.3 is 12.1 Å². The van der Waals surface area contributed by atoms with Crippen molar-refractivity contribution in [2.45, 2.75) is 71.9 Å². The second-order valence-electron chi connectivity index (χ2n) is 8.43. The van der Waals surface area contributed by atoms with Crippen molar-refractivity contribution in [1.82, 2.24) is 10.4 Å². The van der Waals surface area contributed by atoms with Gasteiger partial charge in [-0.05, 0) is 70.6 Å². The van der Waals surface area contributed by atoms with Gasteiger partial charge in [-0.15, -0.1) is 0 Å². The first kappa shape index (κ1) is 23.7. The maximum absolute atomic E-state index is 12.9. The summed E-state index contributed by atoms with van der Waals surface area (Å²) in [6.07, 6.45) is 1.72. The van der Waals surface area contributed by atoms with E-state index in [1.807, 2.05) is 39.2 Å². The summed E-state index contributed by atoms with van der Waals surface area (Å²) in [5.41, 5.74) is 4.87. The Morgan fingerprint density at radius 2 is 2.03 bits per heavy atom. The smallest absolute Gasteiger partial charge is 0.410 e. The Kier molecular flexibility index (Phi) is 7.83. The largest absolute Gasteiger partial charge is 0.466 e. The standard InChI is InChI=1S/C22H33N3O5/c1-6-29-19(26)9-7-8-18-17-11-10-16(20(23)24-28)14(2)15(17)12-13-25(18)21(27)30-22(3,4)5/h10-11,18,28H,6-9,12-13H2,1-5H3,(H2,23,24). The molecule has 0 fully saturated rings. The highest BCUT2D eigenvalue weighted by Crippen LogP contribution is 2.37. The minimum atomic E-state index is -0.603. The zero-order valence-corrected chi connectivity index (χ0v) is 18.5. The maximum atomic E-state index is 12.9. The van der Waals surface area contributed by atoms with E-state index in [1.165, 1.54) is 0 Å². The van der Waals surface area contributed by atoms with E-state index in [0.29, 0.717) is 38.0 Å². The van der Waals surface area contributed by atoms with Crippen molar-refractivity contribution in [1.29, 1.82) is 5.41 Å². The molecule has 1 amide bonds. The van der Waals surface area contributed by atoms with Crippen molar-refractivity contribution < 1.29 is 24.3 Å². The molecule has 0 radical (unpaired) electrons. The van der Waals surface area contributed by atoms with Crippen LogP contribution in [0.3, 0.4) is 0 Å². The topological polar surface area (TPSA) is 112 Å². The number of ether oxygens (including phenoxy) is 2. The summed E-state index contributed by atoms with van der Waals surface area (Å²) in [5.74, 6) is -0.310. The van der Waals surface area contributed by atoms with Crippen molar-refractivity contribution in [3.63, 3.8) is 0 Å². The number of amidine groups is 1. The highest BCUT2D eigenvalue weighted by atomic mass is 16.6. The summed E-state index contributed by atoms with van der Waals surface area (Å²) in [7, 11) is 0. The molecule has 1 heterocycles. The van der Waals surface area contributed by atoms with Gasteiger partial charge in [0, 0.05) is 18.5 Å². The molecule has 0 saturated heterocycles. The molecule has 30 heavy (non-hydrogen) atoms. The number of nitrogens with one attached hydrogen (secondary N) is 2. The van der Waals surface area contributed by atoms with Crippen molar-refractivity contribution in [2.24, 2.45) is 0 Å². The van der Waals surface area contributed by atoms with Gasteiger partial charge < -0.3 is 14.4 Å². The van der Waals surface area contributed by atoms with Crippen LogP contribution < -0.4 is 5.48 Å². The van der Waals surface area contributed by atoms with Gasteiger partial charge in [-0.2, -0.15) is 0 Å². The van der Waals surface area contributed by atoms with E-state index in [2.05, 4.69) is 0 Å². The highest BCUT2D eigenvalue weighted by Gasteiger charge is 2.34. The van der Waals surface area contributed by atoms with E-state index in [-0.39, 0.29) is 30.4 Å². The Labute approximate surface area is 178 Å². The molecule has 1 aliphatic rings. The fourth-order valence-corrected chi connectivity index (χ4v) is 3.83. The first-order chi connectivity index (χ1) is 14.1. The molecule has 8 nitrogen and oxygen atoms in total. The van der Waals surface area contributed by atoms with E-state index in [9.17, 15) is 9.59 Å². The minimum Gasteiger partial charge on any atom is -0.466 e. The first-order valence-electron chi connectivity index (χ1n) is 10.4. The normalized spacial score (nSPS) is 15.9. The summed E-state index contributed by atoms with van der Waals surface area (Å²) in [6.45, 7) is 10.0. The molecule has 1 aromatic rings. The van der Waals surface area contributed by atoms with Gasteiger partial charge in [-0.25, -0.2) is 4.79 Å². The number of nitrogens with zero attached hydrogens (tertiary/aromatic N) is 1. The molecule has 1 aliphatic heterocycles. The molecule has 0 bridgehead atoms. The first-order valence-corrected chi connectivity index (χ1v) is 10.4. The molecule has 0 aliphatic carbocycles. The molecule has 8 heteroatoms. The Morgan fingerprint density at radius 3 is 2.63 bits per heavy atom. The van der Waals surface area contributed by atoms with Crippen LogP contribution in [0.5, 0.6) is 0 Å². The number of fused-ring (bicyclic) bond motifs is 1. The maximum Gasteiger partial charge on any atom is 0.410 e. The second kappa shape index (κ2) is 9.93. The van der Waals surface area contributed by atoms with Crippen LogP contribution in [-0.2, 0) is 20.7 Å². The zero-order chi connectivity index (χ0) is 22.5. The fourth-order valence-electron chi connectivity index (χ4n) is 3.83. The fraction of sp³-hybridized carbons (Fsp3) is 0.591. The van der Waals surface area contributed by atoms with Crippen molar-refractivity contribution >= 4 is 17.9 Å². The summed E-state index contributed by atoms with van der Waals surface area (Å²) in [6, 6.07) is 3.44. The van der Waals surface area contributed by atoms with Crippen LogP contribution in [0.4, 0.5) is 4.79 Å². The number of rotatable bonds is 6. The number of hydrogen-bond acceptors (Lipinski definition) is 6. The zero-order valence-electron chi connectivity index (χ0n) is 18.5. The van der Waals surface area contributed by atoms with E-state index < -0.39 is 5.60 Å². The third-order valence-corrected chi connectivity index (χ3v) is 5.15. The molecule has 1 atom stereocenters.